The Bertz CT molecular complexity index is 1360. The second-order valence-electron chi connectivity index (χ2n) is 6.75. The molecule has 4 aromatic rings. The average Bonchev–Trinajstić information content (AvgIpc) is 3.30. The van der Waals surface area contributed by atoms with Gasteiger partial charge in [0.05, 0.1) is 31.2 Å². The van der Waals surface area contributed by atoms with Crippen LogP contribution in [0.2, 0.25) is 0 Å². The molecule has 0 saturated heterocycles. The lowest BCUT2D eigenvalue weighted by molar-refractivity contribution is 0.356. The number of hydrogen-bond donors (Lipinski definition) is 3. The number of primary sulfonamides is 1. The number of fused-ring (bicyclic) bond motifs is 1. The van der Waals surface area contributed by atoms with Gasteiger partial charge in [-0.05, 0) is 35.7 Å². The summed E-state index contributed by atoms with van der Waals surface area (Å²) >= 11 is 1.64. The van der Waals surface area contributed by atoms with Crippen LogP contribution in [0.1, 0.15) is 4.88 Å². The quantitative estimate of drug-likeness (QED) is 0.355. The van der Waals surface area contributed by atoms with Crippen LogP contribution >= 0.6 is 11.3 Å². The molecule has 166 valence electrons. The molecule has 0 atom stereocenters. The van der Waals surface area contributed by atoms with E-state index in [1.807, 2.05) is 23.6 Å². The van der Waals surface area contributed by atoms with Crippen LogP contribution in [0.25, 0.3) is 10.9 Å². The number of nitrogens with one attached hydrogen (secondary N) is 2. The molecule has 2 heterocycles. The van der Waals surface area contributed by atoms with Gasteiger partial charge in [0, 0.05) is 22.0 Å². The third-order valence-corrected chi connectivity index (χ3v) is 6.42. The van der Waals surface area contributed by atoms with Crippen LogP contribution in [0, 0.1) is 0 Å². The summed E-state index contributed by atoms with van der Waals surface area (Å²) in [5.74, 6) is 1.97. The van der Waals surface area contributed by atoms with Crippen molar-refractivity contribution in [3.63, 3.8) is 0 Å². The summed E-state index contributed by atoms with van der Waals surface area (Å²) in [6.45, 7) is 0.582. The lowest BCUT2D eigenvalue weighted by atomic mass is 10.2. The standard InChI is InChI=1S/C21H21N5O4S2/c1-29-18-10-16-17(11-19(18)30-2)25-21(26-20(16)23-12-14-6-4-8-31-14)24-13-5-3-7-15(9-13)32(22,27)28/h3-11H,12H2,1-2H3,(H2,22,27,28)(H2,23,24,25,26). The number of benzene rings is 2. The minimum atomic E-state index is -3.83. The highest BCUT2D eigenvalue weighted by Gasteiger charge is 2.15. The Labute approximate surface area is 189 Å². The first-order valence-electron chi connectivity index (χ1n) is 9.47. The lowest BCUT2D eigenvalue weighted by Crippen LogP contribution is -2.12. The van der Waals surface area contributed by atoms with E-state index in [-0.39, 0.29) is 10.8 Å². The van der Waals surface area contributed by atoms with Crippen molar-refractivity contribution in [2.75, 3.05) is 24.9 Å². The zero-order valence-electron chi connectivity index (χ0n) is 17.3. The van der Waals surface area contributed by atoms with E-state index >= 15 is 0 Å². The summed E-state index contributed by atoms with van der Waals surface area (Å²) in [4.78, 5) is 10.3. The first-order chi connectivity index (χ1) is 15.4. The van der Waals surface area contributed by atoms with Crippen LogP contribution < -0.4 is 25.2 Å². The number of ether oxygens (including phenoxy) is 2. The molecule has 0 bridgehead atoms. The van der Waals surface area contributed by atoms with E-state index in [2.05, 4.69) is 20.6 Å². The summed E-state index contributed by atoms with van der Waals surface area (Å²) in [5.41, 5.74) is 1.11. The number of methoxy groups -OCH3 is 2. The number of nitrogens with two attached hydrogens (primary N) is 1. The molecular weight excluding hydrogens is 450 g/mol. The van der Waals surface area contributed by atoms with E-state index in [4.69, 9.17) is 14.6 Å². The van der Waals surface area contributed by atoms with Gasteiger partial charge in [-0.3, -0.25) is 0 Å². The number of nitrogens with zero attached hydrogens (tertiary/aromatic N) is 2. The summed E-state index contributed by atoms with van der Waals surface area (Å²) in [6.07, 6.45) is 0. The molecule has 0 aliphatic rings. The highest BCUT2D eigenvalue weighted by molar-refractivity contribution is 7.89. The number of hydrogen-bond acceptors (Lipinski definition) is 9. The molecule has 0 saturated carbocycles. The lowest BCUT2D eigenvalue weighted by Gasteiger charge is -2.14. The smallest absolute Gasteiger partial charge is 0.238 e. The maximum absolute atomic E-state index is 11.7. The zero-order chi connectivity index (χ0) is 22.7. The normalized spacial score (nSPS) is 11.3. The molecule has 4 rings (SSSR count). The van der Waals surface area contributed by atoms with Gasteiger partial charge in [0.15, 0.2) is 11.5 Å². The number of thiophene rings is 1. The van der Waals surface area contributed by atoms with Crippen molar-refractivity contribution in [1.82, 2.24) is 9.97 Å². The first kappa shape index (κ1) is 21.8. The van der Waals surface area contributed by atoms with Crippen molar-refractivity contribution < 1.29 is 17.9 Å². The second-order valence-corrected chi connectivity index (χ2v) is 9.34. The van der Waals surface area contributed by atoms with Crippen LogP contribution in [-0.4, -0.2) is 32.6 Å². The molecule has 0 spiro atoms. The van der Waals surface area contributed by atoms with Crippen molar-refractivity contribution >= 4 is 49.7 Å². The molecule has 11 heteroatoms. The monoisotopic (exact) mass is 471 g/mol. The van der Waals surface area contributed by atoms with E-state index in [1.54, 1.807) is 43.8 Å². The Morgan fingerprint density at radius 1 is 1.03 bits per heavy atom. The van der Waals surface area contributed by atoms with E-state index in [0.29, 0.717) is 35.1 Å². The van der Waals surface area contributed by atoms with Gasteiger partial charge in [-0.1, -0.05) is 12.1 Å². The van der Waals surface area contributed by atoms with E-state index in [0.717, 1.165) is 10.3 Å². The minimum absolute atomic E-state index is 0.00858. The minimum Gasteiger partial charge on any atom is -0.493 e. The van der Waals surface area contributed by atoms with Gasteiger partial charge < -0.3 is 20.1 Å². The summed E-state index contributed by atoms with van der Waals surface area (Å²) < 4.78 is 34.2. The Balaban J connectivity index is 1.77. The maximum Gasteiger partial charge on any atom is 0.238 e. The molecule has 9 nitrogen and oxygen atoms in total. The van der Waals surface area contributed by atoms with Crippen LogP contribution in [0.3, 0.4) is 0 Å². The number of rotatable bonds is 8. The van der Waals surface area contributed by atoms with Gasteiger partial charge in [-0.2, -0.15) is 4.98 Å². The number of aromatic nitrogens is 2. The van der Waals surface area contributed by atoms with Gasteiger partial charge in [0.25, 0.3) is 0 Å². The van der Waals surface area contributed by atoms with Gasteiger partial charge in [0.1, 0.15) is 5.82 Å². The van der Waals surface area contributed by atoms with E-state index < -0.39 is 10.0 Å². The fourth-order valence-corrected chi connectivity index (χ4v) is 4.31. The SMILES string of the molecule is COc1cc2nc(Nc3cccc(S(N)(=O)=O)c3)nc(NCc3cccs3)c2cc1OC. The maximum atomic E-state index is 11.7. The molecule has 0 unspecified atom stereocenters. The van der Waals surface area contributed by atoms with Gasteiger partial charge >= 0.3 is 0 Å². The van der Waals surface area contributed by atoms with Gasteiger partial charge in [-0.15, -0.1) is 11.3 Å². The van der Waals surface area contributed by atoms with Crippen LogP contribution in [0.15, 0.2) is 58.8 Å². The number of sulfonamides is 1. The Morgan fingerprint density at radius 2 is 1.81 bits per heavy atom. The summed E-state index contributed by atoms with van der Waals surface area (Å²) in [7, 11) is -0.712. The van der Waals surface area contributed by atoms with Crippen molar-refractivity contribution in [1.29, 1.82) is 0 Å². The topological polar surface area (TPSA) is 128 Å². The second kappa shape index (κ2) is 8.99. The third kappa shape index (κ3) is 4.74. The number of anilines is 3. The summed E-state index contributed by atoms with van der Waals surface area (Å²) in [5, 5.41) is 14.4. The van der Waals surface area contributed by atoms with Crippen LogP contribution in [0.4, 0.5) is 17.5 Å². The van der Waals surface area contributed by atoms with E-state index in [9.17, 15) is 8.42 Å². The van der Waals surface area contributed by atoms with E-state index in [1.165, 1.54) is 12.1 Å². The van der Waals surface area contributed by atoms with Crippen molar-refractivity contribution in [2.45, 2.75) is 11.4 Å². The zero-order valence-corrected chi connectivity index (χ0v) is 19.0. The predicted molar refractivity (Wildman–Crippen MR) is 125 cm³/mol. The van der Waals surface area contributed by atoms with Crippen LogP contribution in [0.5, 0.6) is 11.5 Å². The van der Waals surface area contributed by atoms with Crippen molar-refractivity contribution in [3.8, 4) is 11.5 Å². The highest BCUT2D eigenvalue weighted by Crippen LogP contribution is 2.35. The molecule has 0 aliphatic carbocycles. The van der Waals surface area contributed by atoms with Crippen molar-refractivity contribution in [2.24, 2.45) is 5.14 Å². The molecule has 0 radical (unpaired) electrons. The largest absolute Gasteiger partial charge is 0.493 e. The van der Waals surface area contributed by atoms with Gasteiger partial charge in [0.2, 0.25) is 16.0 Å². The first-order valence-corrected chi connectivity index (χ1v) is 11.9. The Hall–Kier alpha value is -3.41. The molecule has 2 aromatic carbocycles. The molecule has 0 aliphatic heterocycles. The molecule has 2 aromatic heterocycles. The summed E-state index contributed by atoms with van der Waals surface area (Å²) in [6, 6.07) is 13.7. The molecule has 32 heavy (non-hydrogen) atoms. The Kier molecular flexibility index (Phi) is 6.12. The molecule has 0 amide bonds. The molecule has 4 N–H and O–H groups in total. The third-order valence-electron chi connectivity index (χ3n) is 4.63. The fourth-order valence-electron chi connectivity index (χ4n) is 3.11. The predicted octanol–water partition coefficient (Wildman–Crippen LogP) is 3.71. The van der Waals surface area contributed by atoms with Crippen LogP contribution in [-0.2, 0) is 16.6 Å². The highest BCUT2D eigenvalue weighted by atomic mass is 32.2. The van der Waals surface area contributed by atoms with Gasteiger partial charge in [-0.25, -0.2) is 18.5 Å². The molecular formula is C21H21N5O4S2. The average molecular weight is 472 g/mol. The fraction of sp³-hybridized carbons (Fsp3) is 0.143. The molecule has 0 fully saturated rings. The Morgan fingerprint density at radius 3 is 2.50 bits per heavy atom. The van der Waals surface area contributed by atoms with Crippen molar-refractivity contribution in [3.05, 3.63) is 58.8 Å².